The van der Waals surface area contributed by atoms with E-state index in [1.807, 2.05) is 43.3 Å². The Morgan fingerprint density at radius 3 is 2.64 bits per heavy atom. The SMILES string of the molecule is COc1ccccc1N(Cc1cc2cccc(C)c2[nH]c1=O)C(C)=O. The molecule has 0 bridgehead atoms. The van der Waals surface area contributed by atoms with Crippen molar-refractivity contribution < 1.29 is 9.53 Å². The highest BCUT2D eigenvalue weighted by atomic mass is 16.5. The molecule has 1 heterocycles. The van der Waals surface area contributed by atoms with Gasteiger partial charge in [0, 0.05) is 12.5 Å². The molecular weight excluding hydrogens is 316 g/mol. The Labute approximate surface area is 145 Å². The summed E-state index contributed by atoms with van der Waals surface area (Å²) in [5.41, 5.74) is 2.81. The van der Waals surface area contributed by atoms with Crippen molar-refractivity contribution >= 4 is 22.5 Å². The maximum absolute atomic E-state index is 12.5. The number of carbonyl (C=O) groups excluding carboxylic acids is 1. The number of nitrogens with one attached hydrogen (secondary N) is 1. The van der Waals surface area contributed by atoms with Crippen molar-refractivity contribution in [2.75, 3.05) is 12.0 Å². The Kier molecular flexibility index (Phi) is 4.57. The average Bonchev–Trinajstić information content (AvgIpc) is 2.60. The van der Waals surface area contributed by atoms with Crippen LogP contribution in [0.4, 0.5) is 5.69 Å². The van der Waals surface area contributed by atoms with Crippen LogP contribution in [0.15, 0.2) is 53.3 Å². The molecule has 0 saturated heterocycles. The van der Waals surface area contributed by atoms with Crippen LogP contribution in [-0.4, -0.2) is 18.0 Å². The zero-order chi connectivity index (χ0) is 18.0. The molecule has 3 rings (SSSR count). The highest BCUT2D eigenvalue weighted by molar-refractivity contribution is 5.93. The third-order valence-electron chi connectivity index (χ3n) is 4.25. The van der Waals surface area contributed by atoms with Crippen LogP contribution in [-0.2, 0) is 11.3 Å². The highest BCUT2D eigenvalue weighted by Crippen LogP contribution is 2.29. The number of hydrogen-bond acceptors (Lipinski definition) is 3. The van der Waals surface area contributed by atoms with Gasteiger partial charge in [0.15, 0.2) is 0 Å². The molecule has 0 aliphatic heterocycles. The largest absolute Gasteiger partial charge is 0.495 e. The van der Waals surface area contributed by atoms with Crippen LogP contribution in [0.1, 0.15) is 18.1 Å². The molecule has 5 heteroatoms. The lowest BCUT2D eigenvalue weighted by atomic mass is 10.1. The van der Waals surface area contributed by atoms with Gasteiger partial charge in [0.25, 0.3) is 5.56 Å². The Balaban J connectivity index is 2.07. The second-order valence-corrected chi connectivity index (χ2v) is 5.94. The number of nitrogens with zero attached hydrogens (tertiary/aromatic N) is 1. The number of fused-ring (bicyclic) bond motifs is 1. The number of aryl methyl sites for hydroxylation is 1. The second kappa shape index (κ2) is 6.81. The summed E-state index contributed by atoms with van der Waals surface area (Å²) in [4.78, 5) is 29.2. The van der Waals surface area contributed by atoms with Gasteiger partial charge in [-0.2, -0.15) is 0 Å². The molecule has 0 atom stereocenters. The number of anilines is 1. The van der Waals surface area contributed by atoms with Gasteiger partial charge in [0.1, 0.15) is 5.75 Å². The van der Waals surface area contributed by atoms with E-state index in [2.05, 4.69) is 4.98 Å². The van der Waals surface area contributed by atoms with Gasteiger partial charge in [-0.3, -0.25) is 9.59 Å². The zero-order valence-electron chi connectivity index (χ0n) is 14.5. The summed E-state index contributed by atoms with van der Waals surface area (Å²) in [6, 6.07) is 15.0. The van der Waals surface area contributed by atoms with Gasteiger partial charge in [-0.15, -0.1) is 0 Å². The summed E-state index contributed by atoms with van der Waals surface area (Å²) in [7, 11) is 1.56. The number of carbonyl (C=O) groups is 1. The zero-order valence-corrected chi connectivity index (χ0v) is 14.5. The topological polar surface area (TPSA) is 62.4 Å². The maximum atomic E-state index is 12.5. The van der Waals surface area contributed by atoms with Gasteiger partial charge >= 0.3 is 0 Å². The van der Waals surface area contributed by atoms with Crippen molar-refractivity contribution in [1.29, 1.82) is 0 Å². The summed E-state index contributed by atoms with van der Waals surface area (Å²) in [5, 5.41) is 0.943. The lowest BCUT2D eigenvalue weighted by Gasteiger charge is -2.23. The predicted octanol–water partition coefficient (Wildman–Crippen LogP) is 3.40. The second-order valence-electron chi connectivity index (χ2n) is 5.94. The Morgan fingerprint density at radius 1 is 1.16 bits per heavy atom. The minimum Gasteiger partial charge on any atom is -0.495 e. The van der Waals surface area contributed by atoms with Crippen LogP contribution >= 0.6 is 0 Å². The quantitative estimate of drug-likeness (QED) is 0.794. The molecule has 25 heavy (non-hydrogen) atoms. The van der Waals surface area contributed by atoms with Gasteiger partial charge in [0.05, 0.1) is 24.9 Å². The average molecular weight is 336 g/mol. The van der Waals surface area contributed by atoms with Crippen molar-refractivity contribution in [2.45, 2.75) is 20.4 Å². The van der Waals surface area contributed by atoms with Crippen LogP contribution in [0.2, 0.25) is 0 Å². The fraction of sp³-hybridized carbons (Fsp3) is 0.200. The van der Waals surface area contributed by atoms with Crippen LogP contribution in [0.3, 0.4) is 0 Å². The molecule has 0 radical (unpaired) electrons. The van der Waals surface area contributed by atoms with Crippen molar-refractivity contribution in [3.8, 4) is 5.75 Å². The van der Waals surface area contributed by atoms with Gasteiger partial charge in [-0.1, -0.05) is 30.3 Å². The number of hydrogen-bond donors (Lipinski definition) is 1. The molecule has 3 aromatic rings. The number of benzene rings is 2. The monoisotopic (exact) mass is 336 g/mol. The third kappa shape index (κ3) is 3.26. The number of aromatic nitrogens is 1. The van der Waals surface area contributed by atoms with E-state index < -0.39 is 0 Å². The number of para-hydroxylation sites is 3. The summed E-state index contributed by atoms with van der Waals surface area (Å²) in [5.74, 6) is 0.430. The van der Waals surface area contributed by atoms with Crippen molar-refractivity contribution in [1.82, 2.24) is 4.98 Å². The van der Waals surface area contributed by atoms with Gasteiger partial charge in [0.2, 0.25) is 5.91 Å². The van der Waals surface area contributed by atoms with E-state index in [0.29, 0.717) is 17.0 Å². The van der Waals surface area contributed by atoms with Crippen molar-refractivity contribution in [2.24, 2.45) is 0 Å². The maximum Gasteiger partial charge on any atom is 0.253 e. The van der Waals surface area contributed by atoms with Crippen LogP contribution in [0.25, 0.3) is 10.9 Å². The first-order valence-electron chi connectivity index (χ1n) is 8.04. The molecular formula is C20H20N2O3. The number of amides is 1. The van der Waals surface area contributed by atoms with E-state index in [4.69, 9.17) is 4.74 Å². The van der Waals surface area contributed by atoms with Crippen LogP contribution in [0.5, 0.6) is 5.75 Å². The Morgan fingerprint density at radius 2 is 1.92 bits per heavy atom. The standard InChI is InChI=1S/C20H20N2O3/c1-13-7-6-8-15-11-16(20(24)21-19(13)15)12-22(14(2)23)17-9-4-5-10-18(17)25-3/h4-11H,12H2,1-3H3,(H,21,24). The summed E-state index contributed by atoms with van der Waals surface area (Å²) in [6.07, 6.45) is 0. The van der Waals surface area contributed by atoms with E-state index in [-0.39, 0.29) is 18.0 Å². The highest BCUT2D eigenvalue weighted by Gasteiger charge is 2.18. The molecule has 2 aromatic carbocycles. The smallest absolute Gasteiger partial charge is 0.253 e. The van der Waals surface area contributed by atoms with Crippen molar-refractivity contribution in [3.05, 3.63) is 70.0 Å². The first-order chi connectivity index (χ1) is 12.0. The van der Waals surface area contributed by atoms with Crippen LogP contribution < -0.4 is 15.2 Å². The van der Waals surface area contributed by atoms with Gasteiger partial charge in [-0.25, -0.2) is 0 Å². The molecule has 1 aromatic heterocycles. The van der Waals surface area contributed by atoms with E-state index in [1.54, 1.807) is 24.1 Å². The molecule has 0 aliphatic rings. The van der Waals surface area contributed by atoms with E-state index >= 15 is 0 Å². The molecule has 128 valence electrons. The minimum absolute atomic E-state index is 0.159. The van der Waals surface area contributed by atoms with E-state index in [9.17, 15) is 9.59 Å². The normalized spacial score (nSPS) is 10.7. The summed E-state index contributed by atoms with van der Waals surface area (Å²) < 4.78 is 5.35. The number of ether oxygens (including phenoxy) is 1. The van der Waals surface area contributed by atoms with Gasteiger partial charge in [-0.05, 0) is 36.1 Å². The number of H-pyrrole nitrogens is 1. The first kappa shape index (κ1) is 16.8. The minimum atomic E-state index is -0.192. The third-order valence-corrected chi connectivity index (χ3v) is 4.25. The Bertz CT molecular complexity index is 992. The summed E-state index contributed by atoms with van der Waals surface area (Å²) in [6.45, 7) is 3.61. The fourth-order valence-corrected chi connectivity index (χ4v) is 2.94. The molecule has 1 N–H and O–H groups in total. The number of rotatable bonds is 4. The van der Waals surface area contributed by atoms with Crippen molar-refractivity contribution in [3.63, 3.8) is 0 Å². The van der Waals surface area contributed by atoms with Crippen LogP contribution in [0, 0.1) is 6.92 Å². The lowest BCUT2D eigenvalue weighted by molar-refractivity contribution is -0.116. The molecule has 5 nitrogen and oxygen atoms in total. The molecule has 0 unspecified atom stereocenters. The molecule has 0 spiro atoms. The number of aromatic amines is 1. The molecule has 1 amide bonds. The van der Waals surface area contributed by atoms with E-state index in [1.165, 1.54) is 6.92 Å². The Hall–Kier alpha value is -3.08. The number of pyridine rings is 1. The van der Waals surface area contributed by atoms with Gasteiger partial charge < -0.3 is 14.6 Å². The molecule has 0 saturated carbocycles. The fourth-order valence-electron chi connectivity index (χ4n) is 2.94. The predicted molar refractivity (Wildman–Crippen MR) is 99.2 cm³/mol. The molecule has 0 aliphatic carbocycles. The molecule has 0 fully saturated rings. The first-order valence-corrected chi connectivity index (χ1v) is 8.04. The summed E-state index contributed by atoms with van der Waals surface area (Å²) >= 11 is 0. The lowest BCUT2D eigenvalue weighted by Crippen LogP contribution is -2.31. The van der Waals surface area contributed by atoms with E-state index in [0.717, 1.165) is 16.5 Å². The number of methoxy groups -OCH3 is 1.